The van der Waals surface area contributed by atoms with E-state index in [2.05, 4.69) is 15.0 Å². The van der Waals surface area contributed by atoms with E-state index in [9.17, 15) is 12.8 Å². The number of thiocarbonyl (C=S) groups is 1. The standard InChI is InChI=1S/C25H22FN5O2S2/c1-35(32,33)29-18-9-13-20(14-10-18)31-24(23(28-25(31)34)21-5-2-3-15-27-21)22-6-4-16-30(22)19-11-7-17(26)8-12-19/h2-16,23-24,29H,1H3,(H,28,34)/t23-,24-/m0/s1. The molecule has 1 aliphatic heterocycles. The molecule has 0 spiro atoms. The highest BCUT2D eigenvalue weighted by Gasteiger charge is 2.42. The molecule has 5 rings (SSSR count). The van der Waals surface area contributed by atoms with Crippen molar-refractivity contribution in [1.82, 2.24) is 14.9 Å². The van der Waals surface area contributed by atoms with Crippen molar-refractivity contribution in [3.63, 3.8) is 0 Å². The zero-order valence-corrected chi connectivity index (χ0v) is 20.3. The van der Waals surface area contributed by atoms with E-state index in [0.717, 1.165) is 29.0 Å². The van der Waals surface area contributed by atoms with Crippen LogP contribution in [0.5, 0.6) is 0 Å². The lowest BCUT2D eigenvalue weighted by atomic mass is 10.0. The molecule has 2 aromatic heterocycles. The fourth-order valence-electron chi connectivity index (χ4n) is 4.31. The lowest BCUT2D eigenvalue weighted by molar-refractivity contribution is 0.549. The van der Waals surface area contributed by atoms with Crippen molar-refractivity contribution in [2.75, 3.05) is 15.9 Å². The molecular formula is C25H22FN5O2S2. The number of rotatable bonds is 6. The van der Waals surface area contributed by atoms with Gasteiger partial charge in [-0.1, -0.05) is 6.07 Å². The number of nitrogens with zero attached hydrogens (tertiary/aromatic N) is 3. The summed E-state index contributed by atoms with van der Waals surface area (Å²) in [7, 11) is -3.39. The molecule has 2 atom stereocenters. The van der Waals surface area contributed by atoms with E-state index in [0.29, 0.717) is 10.8 Å². The molecule has 0 saturated carbocycles. The second-order valence-corrected chi connectivity index (χ2v) is 10.3. The van der Waals surface area contributed by atoms with E-state index >= 15 is 0 Å². The zero-order chi connectivity index (χ0) is 24.6. The van der Waals surface area contributed by atoms with Crippen LogP contribution in [0, 0.1) is 5.82 Å². The number of aromatic nitrogens is 2. The molecule has 3 heterocycles. The predicted molar refractivity (Wildman–Crippen MR) is 139 cm³/mol. The predicted octanol–water partition coefficient (Wildman–Crippen LogP) is 4.56. The van der Waals surface area contributed by atoms with Gasteiger partial charge in [-0.05, 0) is 85.0 Å². The number of anilines is 2. The molecule has 7 nitrogen and oxygen atoms in total. The second kappa shape index (κ2) is 9.12. The molecule has 1 saturated heterocycles. The van der Waals surface area contributed by atoms with Crippen molar-refractivity contribution in [3.8, 4) is 5.69 Å². The summed E-state index contributed by atoms with van der Waals surface area (Å²) in [4.78, 5) is 6.56. The summed E-state index contributed by atoms with van der Waals surface area (Å²) in [6.07, 6.45) is 4.78. The Morgan fingerprint density at radius 3 is 2.34 bits per heavy atom. The molecule has 178 valence electrons. The van der Waals surface area contributed by atoms with Crippen molar-refractivity contribution in [2.45, 2.75) is 12.1 Å². The lowest BCUT2D eigenvalue weighted by Gasteiger charge is -2.29. The van der Waals surface area contributed by atoms with Gasteiger partial charge in [0, 0.05) is 35.1 Å². The highest BCUT2D eigenvalue weighted by molar-refractivity contribution is 7.92. The first-order valence-electron chi connectivity index (χ1n) is 10.8. The molecule has 2 N–H and O–H groups in total. The van der Waals surface area contributed by atoms with Gasteiger partial charge in [0.2, 0.25) is 10.0 Å². The van der Waals surface area contributed by atoms with E-state index in [4.69, 9.17) is 12.2 Å². The van der Waals surface area contributed by atoms with Crippen LogP contribution in [0.4, 0.5) is 15.8 Å². The first kappa shape index (κ1) is 23.0. The Kier molecular flexibility index (Phi) is 6.00. The van der Waals surface area contributed by atoms with Crippen molar-refractivity contribution >= 4 is 38.7 Å². The van der Waals surface area contributed by atoms with Gasteiger partial charge in [0.05, 0.1) is 18.0 Å². The summed E-state index contributed by atoms with van der Waals surface area (Å²) in [5, 5.41) is 3.92. The monoisotopic (exact) mass is 507 g/mol. The van der Waals surface area contributed by atoms with Gasteiger partial charge in [0.25, 0.3) is 0 Å². The second-order valence-electron chi connectivity index (χ2n) is 8.20. The molecule has 1 fully saturated rings. The molecule has 0 unspecified atom stereocenters. The number of hydrogen-bond acceptors (Lipinski definition) is 4. The molecule has 0 aliphatic carbocycles. The van der Waals surface area contributed by atoms with E-state index < -0.39 is 10.0 Å². The fourth-order valence-corrected chi connectivity index (χ4v) is 5.22. The van der Waals surface area contributed by atoms with Crippen molar-refractivity contribution in [1.29, 1.82) is 0 Å². The largest absolute Gasteiger partial charge is 0.351 e. The number of benzene rings is 2. The summed E-state index contributed by atoms with van der Waals surface area (Å²) in [5.74, 6) is -0.304. The van der Waals surface area contributed by atoms with E-state index in [1.54, 1.807) is 30.5 Å². The van der Waals surface area contributed by atoms with Gasteiger partial charge in [-0.3, -0.25) is 9.71 Å². The maximum atomic E-state index is 13.6. The summed E-state index contributed by atoms with van der Waals surface area (Å²) >= 11 is 5.76. The Morgan fingerprint density at radius 1 is 0.971 bits per heavy atom. The number of nitrogens with one attached hydrogen (secondary N) is 2. The average molecular weight is 508 g/mol. The maximum absolute atomic E-state index is 13.6. The maximum Gasteiger partial charge on any atom is 0.229 e. The van der Waals surface area contributed by atoms with Crippen molar-refractivity contribution in [2.24, 2.45) is 0 Å². The molecule has 1 aliphatic rings. The Balaban J connectivity index is 1.60. The first-order valence-corrected chi connectivity index (χ1v) is 13.1. The SMILES string of the molecule is CS(=O)(=O)Nc1ccc(N2C(=S)N[C@@H](c3ccccn3)[C@@H]2c2cccn2-c2ccc(F)cc2)cc1. The Labute approximate surface area is 208 Å². The third-order valence-electron chi connectivity index (χ3n) is 5.73. The van der Waals surface area contributed by atoms with Crippen LogP contribution in [0.25, 0.3) is 5.69 Å². The Hall–Kier alpha value is -3.76. The van der Waals surface area contributed by atoms with Crippen LogP contribution in [0.3, 0.4) is 0 Å². The number of hydrogen-bond donors (Lipinski definition) is 2. The Bertz CT molecular complexity index is 1460. The van der Waals surface area contributed by atoms with E-state index in [1.807, 2.05) is 58.1 Å². The molecule has 0 amide bonds. The Morgan fingerprint density at radius 2 is 1.69 bits per heavy atom. The lowest BCUT2D eigenvalue weighted by Crippen LogP contribution is -2.30. The molecule has 35 heavy (non-hydrogen) atoms. The van der Waals surface area contributed by atoms with Crippen LogP contribution in [0.1, 0.15) is 23.5 Å². The minimum absolute atomic E-state index is 0.258. The fraction of sp³-hybridized carbons (Fsp3) is 0.120. The quantitative estimate of drug-likeness (QED) is 0.373. The minimum Gasteiger partial charge on any atom is -0.351 e. The highest BCUT2D eigenvalue weighted by Crippen LogP contribution is 2.42. The number of sulfonamides is 1. The van der Waals surface area contributed by atoms with E-state index in [1.165, 1.54) is 12.1 Å². The smallest absolute Gasteiger partial charge is 0.229 e. The summed E-state index contributed by atoms with van der Waals surface area (Å²) in [6.45, 7) is 0. The van der Waals surface area contributed by atoms with Crippen LogP contribution in [-0.2, 0) is 10.0 Å². The summed E-state index contributed by atoms with van der Waals surface area (Å²) in [6, 6.07) is 22.5. The normalized spacial score (nSPS) is 17.9. The van der Waals surface area contributed by atoms with Gasteiger partial charge in [-0.25, -0.2) is 12.8 Å². The van der Waals surface area contributed by atoms with Gasteiger partial charge >= 0.3 is 0 Å². The van der Waals surface area contributed by atoms with Crippen molar-refractivity contribution < 1.29 is 12.8 Å². The molecular weight excluding hydrogens is 485 g/mol. The van der Waals surface area contributed by atoms with Crippen LogP contribution >= 0.6 is 12.2 Å². The van der Waals surface area contributed by atoms with Gasteiger partial charge in [-0.2, -0.15) is 0 Å². The van der Waals surface area contributed by atoms with Crippen LogP contribution < -0.4 is 14.9 Å². The van der Waals surface area contributed by atoms with Gasteiger partial charge in [0.15, 0.2) is 5.11 Å². The van der Waals surface area contributed by atoms with Gasteiger partial charge in [0.1, 0.15) is 11.9 Å². The molecule has 4 aromatic rings. The highest BCUT2D eigenvalue weighted by atomic mass is 32.2. The molecule has 2 aromatic carbocycles. The summed E-state index contributed by atoms with van der Waals surface area (Å²) < 4.78 is 41.3. The third kappa shape index (κ3) is 4.75. The number of pyridine rings is 1. The minimum atomic E-state index is -3.39. The van der Waals surface area contributed by atoms with Crippen LogP contribution in [0.2, 0.25) is 0 Å². The zero-order valence-electron chi connectivity index (χ0n) is 18.7. The van der Waals surface area contributed by atoms with Crippen molar-refractivity contribution in [3.05, 3.63) is 108 Å². The third-order valence-corrected chi connectivity index (χ3v) is 6.66. The first-order chi connectivity index (χ1) is 16.8. The summed E-state index contributed by atoms with van der Waals surface area (Å²) in [5.41, 5.74) is 3.82. The topological polar surface area (TPSA) is 79.3 Å². The van der Waals surface area contributed by atoms with Crippen LogP contribution in [0.15, 0.2) is 91.3 Å². The van der Waals surface area contributed by atoms with Gasteiger partial charge < -0.3 is 14.8 Å². The molecule has 0 radical (unpaired) electrons. The van der Waals surface area contributed by atoms with E-state index in [-0.39, 0.29) is 17.9 Å². The number of halogens is 1. The van der Waals surface area contributed by atoms with Gasteiger partial charge in [-0.15, -0.1) is 0 Å². The average Bonchev–Trinajstić information content (AvgIpc) is 3.44. The van der Waals surface area contributed by atoms with Crippen LogP contribution in [-0.4, -0.2) is 29.3 Å². The molecule has 10 heteroatoms. The molecule has 0 bridgehead atoms.